The molecule has 2 heterocycles. The maximum absolute atomic E-state index is 13.9. The predicted molar refractivity (Wildman–Crippen MR) is 98.3 cm³/mol. The first kappa shape index (κ1) is 17.9. The lowest BCUT2D eigenvalue weighted by molar-refractivity contribution is 0.295. The molecule has 0 N–H and O–H groups in total. The van der Waals surface area contributed by atoms with E-state index in [4.69, 9.17) is 4.74 Å². The molecule has 1 fully saturated rings. The zero-order valence-corrected chi connectivity index (χ0v) is 16.0. The maximum Gasteiger partial charge on any atom is 0.247 e. The van der Waals surface area contributed by atoms with Crippen LogP contribution < -0.4 is 4.74 Å². The normalized spacial score (nSPS) is 16.7. The smallest absolute Gasteiger partial charge is 0.247 e. The molecule has 0 radical (unpaired) electrons. The molecular formula is C19H20FN3O3S. The number of halogens is 1. The first-order chi connectivity index (χ1) is 12.8. The van der Waals surface area contributed by atoms with Crippen molar-refractivity contribution in [3.63, 3.8) is 0 Å². The number of ether oxygens (including phenoxy) is 1. The van der Waals surface area contributed by atoms with E-state index in [0.717, 1.165) is 24.7 Å². The van der Waals surface area contributed by atoms with Gasteiger partial charge in [-0.25, -0.2) is 22.8 Å². The molecule has 6 nitrogen and oxygen atoms in total. The van der Waals surface area contributed by atoms with Gasteiger partial charge in [-0.3, -0.25) is 0 Å². The maximum atomic E-state index is 13.9. The van der Waals surface area contributed by atoms with Crippen LogP contribution in [0, 0.1) is 11.7 Å². The Kier molecular flexibility index (Phi) is 4.38. The first-order valence-electron chi connectivity index (χ1n) is 8.72. The van der Waals surface area contributed by atoms with Gasteiger partial charge >= 0.3 is 0 Å². The second kappa shape index (κ2) is 6.60. The Labute approximate surface area is 157 Å². The molecule has 0 unspecified atom stereocenters. The highest BCUT2D eigenvalue weighted by Crippen LogP contribution is 2.37. The van der Waals surface area contributed by atoms with Gasteiger partial charge in [-0.05, 0) is 42.0 Å². The summed E-state index contributed by atoms with van der Waals surface area (Å²) in [5.41, 5.74) is 2.60. The van der Waals surface area contributed by atoms with E-state index < -0.39 is 9.84 Å². The van der Waals surface area contributed by atoms with Crippen LogP contribution in [0.5, 0.6) is 5.75 Å². The number of nitrogens with zero attached hydrogens (tertiary/aromatic N) is 3. The van der Waals surface area contributed by atoms with Crippen LogP contribution in [-0.2, 0) is 16.4 Å². The van der Waals surface area contributed by atoms with E-state index in [1.165, 1.54) is 18.3 Å². The summed E-state index contributed by atoms with van der Waals surface area (Å²) in [6.07, 6.45) is 6.54. The molecule has 27 heavy (non-hydrogen) atoms. The number of benzene rings is 1. The highest BCUT2D eigenvalue weighted by molar-refractivity contribution is 7.90. The number of fused-ring (bicyclic) bond motifs is 1. The van der Waals surface area contributed by atoms with E-state index in [2.05, 4.69) is 9.97 Å². The largest absolute Gasteiger partial charge is 0.489 e. The summed E-state index contributed by atoms with van der Waals surface area (Å²) < 4.78 is 43.7. The zero-order valence-electron chi connectivity index (χ0n) is 15.1. The third kappa shape index (κ3) is 3.80. The first-order valence-corrected chi connectivity index (χ1v) is 10.6. The summed E-state index contributed by atoms with van der Waals surface area (Å²) in [6, 6.07) is 4.60. The lowest BCUT2D eigenvalue weighted by Crippen LogP contribution is -2.19. The van der Waals surface area contributed by atoms with E-state index in [9.17, 15) is 12.8 Å². The van der Waals surface area contributed by atoms with Gasteiger partial charge in [0.25, 0.3) is 0 Å². The van der Waals surface area contributed by atoms with Crippen molar-refractivity contribution in [3.8, 4) is 5.75 Å². The molecule has 4 rings (SSSR count). The van der Waals surface area contributed by atoms with Crippen molar-refractivity contribution in [2.45, 2.75) is 24.5 Å². The van der Waals surface area contributed by atoms with Crippen molar-refractivity contribution in [2.24, 2.45) is 5.92 Å². The van der Waals surface area contributed by atoms with Crippen molar-refractivity contribution in [1.29, 1.82) is 0 Å². The standard InChI is InChI=1S/C19H20FN3O3S/c1-23-9-13-5-6-14(20)7-15(13)16(10-23)18-17(26-11-12-3-4-12)8-21-19(22-18)27(2,24)25/h5-8,10,12H,3-4,9,11H2,1-2H3. The summed E-state index contributed by atoms with van der Waals surface area (Å²) in [7, 11) is -1.69. The fraction of sp³-hybridized carbons (Fsp3) is 0.368. The van der Waals surface area contributed by atoms with Gasteiger partial charge in [-0.1, -0.05) is 6.07 Å². The van der Waals surface area contributed by atoms with Gasteiger partial charge in [-0.2, -0.15) is 0 Å². The Balaban J connectivity index is 1.86. The number of hydrogen-bond donors (Lipinski definition) is 0. The van der Waals surface area contributed by atoms with Gasteiger partial charge < -0.3 is 9.64 Å². The van der Waals surface area contributed by atoms with Crippen molar-refractivity contribution in [3.05, 3.63) is 53.2 Å². The summed E-state index contributed by atoms with van der Waals surface area (Å²) in [5, 5.41) is -0.275. The topological polar surface area (TPSA) is 72.4 Å². The van der Waals surface area contributed by atoms with Gasteiger partial charge in [0.2, 0.25) is 15.0 Å². The summed E-state index contributed by atoms with van der Waals surface area (Å²) >= 11 is 0. The van der Waals surface area contributed by atoms with Gasteiger partial charge in [0.05, 0.1) is 12.8 Å². The fourth-order valence-electron chi connectivity index (χ4n) is 3.05. The Morgan fingerprint density at radius 1 is 1.33 bits per heavy atom. The van der Waals surface area contributed by atoms with Gasteiger partial charge in [0, 0.05) is 31.6 Å². The average molecular weight is 389 g/mol. The Morgan fingerprint density at radius 2 is 2.11 bits per heavy atom. The highest BCUT2D eigenvalue weighted by Gasteiger charge is 2.26. The second-order valence-corrected chi connectivity index (χ2v) is 9.06. The summed E-state index contributed by atoms with van der Waals surface area (Å²) in [6.45, 7) is 1.16. The number of rotatable bonds is 5. The highest BCUT2D eigenvalue weighted by atomic mass is 32.2. The molecule has 1 aliphatic carbocycles. The minimum atomic E-state index is -3.59. The van der Waals surface area contributed by atoms with Crippen molar-refractivity contribution in [2.75, 3.05) is 19.9 Å². The SMILES string of the molecule is CN1C=C(c2nc(S(C)(=O)=O)ncc2OCC2CC2)c2cc(F)ccc2C1. The van der Waals surface area contributed by atoms with Crippen LogP contribution in [0.15, 0.2) is 35.8 Å². The van der Waals surface area contributed by atoms with E-state index in [-0.39, 0.29) is 11.0 Å². The van der Waals surface area contributed by atoms with Crippen molar-refractivity contribution in [1.82, 2.24) is 14.9 Å². The third-order valence-corrected chi connectivity index (χ3v) is 5.48. The van der Waals surface area contributed by atoms with Gasteiger partial charge in [-0.15, -0.1) is 0 Å². The number of sulfone groups is 1. The number of hydrogen-bond acceptors (Lipinski definition) is 6. The van der Waals surface area contributed by atoms with Crippen LogP contribution in [0.4, 0.5) is 4.39 Å². The third-order valence-electron chi connectivity index (χ3n) is 4.62. The van der Waals surface area contributed by atoms with Gasteiger partial charge in [0.1, 0.15) is 11.5 Å². The molecule has 0 saturated heterocycles. The van der Waals surface area contributed by atoms with Crippen molar-refractivity contribution >= 4 is 15.4 Å². The summed E-state index contributed by atoms with van der Waals surface area (Å²) in [4.78, 5) is 10.2. The molecule has 0 spiro atoms. The molecular weight excluding hydrogens is 369 g/mol. The average Bonchev–Trinajstić information content (AvgIpc) is 3.43. The molecule has 1 aromatic carbocycles. The Morgan fingerprint density at radius 3 is 2.81 bits per heavy atom. The lowest BCUT2D eigenvalue weighted by Gasteiger charge is -2.26. The van der Waals surface area contributed by atoms with E-state index in [0.29, 0.717) is 41.6 Å². The Hall–Kier alpha value is -2.48. The summed E-state index contributed by atoms with van der Waals surface area (Å²) in [5.74, 6) is 0.563. The number of aromatic nitrogens is 2. The predicted octanol–water partition coefficient (Wildman–Crippen LogP) is 2.64. The fourth-order valence-corrected chi connectivity index (χ4v) is 3.56. The Bertz CT molecular complexity index is 1030. The molecule has 1 aromatic heterocycles. The van der Waals surface area contributed by atoms with Crippen LogP contribution in [0.1, 0.15) is 29.7 Å². The molecule has 0 bridgehead atoms. The molecule has 1 saturated carbocycles. The van der Waals surface area contributed by atoms with Crippen LogP contribution in [0.3, 0.4) is 0 Å². The van der Waals surface area contributed by atoms with Crippen LogP contribution in [0.2, 0.25) is 0 Å². The molecule has 0 amide bonds. The van der Waals surface area contributed by atoms with E-state index in [1.807, 2.05) is 18.1 Å². The molecule has 2 aromatic rings. The zero-order chi connectivity index (χ0) is 19.2. The molecule has 2 aliphatic rings. The molecule has 142 valence electrons. The minimum absolute atomic E-state index is 0.275. The van der Waals surface area contributed by atoms with E-state index in [1.54, 1.807) is 6.07 Å². The van der Waals surface area contributed by atoms with Crippen LogP contribution in [-0.4, -0.2) is 43.2 Å². The van der Waals surface area contributed by atoms with Crippen LogP contribution >= 0.6 is 0 Å². The lowest BCUT2D eigenvalue weighted by atomic mass is 9.94. The monoisotopic (exact) mass is 389 g/mol. The van der Waals surface area contributed by atoms with Crippen LogP contribution in [0.25, 0.3) is 5.57 Å². The molecule has 1 aliphatic heterocycles. The van der Waals surface area contributed by atoms with E-state index >= 15 is 0 Å². The minimum Gasteiger partial charge on any atom is -0.489 e. The second-order valence-electron chi connectivity index (χ2n) is 7.15. The quantitative estimate of drug-likeness (QED) is 0.732. The molecule has 8 heteroatoms. The van der Waals surface area contributed by atoms with Gasteiger partial charge in [0.15, 0.2) is 5.75 Å². The molecule has 0 atom stereocenters. The van der Waals surface area contributed by atoms with Crippen molar-refractivity contribution < 1.29 is 17.5 Å².